The van der Waals surface area contributed by atoms with Gasteiger partial charge < -0.3 is 16.2 Å². The fourth-order valence-electron chi connectivity index (χ4n) is 0.594. The highest BCUT2D eigenvalue weighted by atomic mass is 35.5. The number of nitrogens with one attached hydrogen (secondary N) is 1. The molecule has 7 heteroatoms. The summed E-state index contributed by atoms with van der Waals surface area (Å²) in [6.07, 6.45) is 0. The van der Waals surface area contributed by atoms with Crippen molar-refractivity contribution in [3.05, 3.63) is 0 Å². The monoisotopic (exact) mass is 242 g/mol. The third kappa shape index (κ3) is 6.06. The maximum Gasteiger partial charge on any atom is 0.322 e. The van der Waals surface area contributed by atoms with Gasteiger partial charge >= 0.3 is 5.97 Å². The minimum atomic E-state index is -1.10. The molecule has 0 aliphatic heterocycles. The van der Waals surface area contributed by atoms with Gasteiger partial charge in [-0.05, 0) is 13.8 Å². The van der Waals surface area contributed by atoms with Gasteiger partial charge in [0.1, 0.15) is 6.54 Å². The highest BCUT2D eigenvalue weighted by Gasteiger charge is 2.28. The maximum atomic E-state index is 11.1. The van der Waals surface area contributed by atoms with Crippen LogP contribution in [0.25, 0.3) is 0 Å². The summed E-state index contributed by atoms with van der Waals surface area (Å²) >= 11 is 4.10. The topological polar surface area (TPSA) is 92.4 Å². The lowest BCUT2D eigenvalue weighted by molar-refractivity contribution is -0.138. The van der Waals surface area contributed by atoms with Gasteiger partial charge in [-0.25, -0.2) is 0 Å². The molecule has 0 aliphatic carbocycles. The predicted octanol–water partition coefficient (Wildman–Crippen LogP) is -0.355. The van der Waals surface area contributed by atoms with E-state index in [4.69, 9.17) is 10.8 Å². The molecular weight excluding hydrogens is 228 g/mol. The van der Waals surface area contributed by atoms with E-state index in [2.05, 4.69) is 17.9 Å². The summed E-state index contributed by atoms with van der Waals surface area (Å²) < 4.78 is -0.664. The molecule has 0 radical (unpaired) electrons. The van der Waals surface area contributed by atoms with E-state index in [0.717, 1.165) is 0 Å². The maximum absolute atomic E-state index is 11.1. The largest absolute Gasteiger partial charge is 0.480 e. The van der Waals surface area contributed by atoms with Crippen LogP contribution in [0.2, 0.25) is 0 Å². The molecule has 0 spiro atoms. The number of carboxylic acid groups (broad SMARTS) is 1. The van der Waals surface area contributed by atoms with Gasteiger partial charge in [-0.15, -0.1) is 12.4 Å². The van der Waals surface area contributed by atoms with Crippen molar-refractivity contribution in [3.8, 4) is 0 Å². The number of hydrogen-bond acceptors (Lipinski definition) is 4. The van der Waals surface area contributed by atoms with Crippen LogP contribution in [0.1, 0.15) is 13.8 Å². The Hall–Kier alpha value is -0.460. The minimum Gasteiger partial charge on any atom is -0.480 e. The van der Waals surface area contributed by atoms with Crippen LogP contribution in [-0.2, 0) is 9.59 Å². The van der Waals surface area contributed by atoms with E-state index in [1.165, 1.54) is 0 Å². The second kappa shape index (κ2) is 6.10. The molecule has 0 aromatic heterocycles. The zero-order chi connectivity index (χ0) is 10.6. The van der Waals surface area contributed by atoms with Crippen LogP contribution < -0.4 is 11.1 Å². The summed E-state index contributed by atoms with van der Waals surface area (Å²) in [6.45, 7) is 2.94. The molecule has 0 bridgehead atoms. The van der Waals surface area contributed by atoms with Crippen molar-refractivity contribution in [1.82, 2.24) is 5.32 Å². The number of nitrogens with two attached hydrogens (primary N) is 1. The molecule has 14 heavy (non-hydrogen) atoms. The standard InChI is InChI=1S/C7H14N2O3S.ClH/c1-7(2,13)5(8)6(12)9-3-4(10)11;/h5,13H,3,8H2,1-2H3,(H,9,12)(H,10,11);1H/t5-;/m0./s1. The fraction of sp³-hybridized carbons (Fsp3) is 0.714. The molecule has 0 unspecified atom stereocenters. The van der Waals surface area contributed by atoms with Crippen LogP contribution in [0.5, 0.6) is 0 Å². The van der Waals surface area contributed by atoms with E-state index >= 15 is 0 Å². The van der Waals surface area contributed by atoms with Crippen LogP contribution in [-0.4, -0.2) is 34.3 Å². The molecule has 0 saturated heterocycles. The van der Waals surface area contributed by atoms with Gasteiger partial charge in [0.25, 0.3) is 0 Å². The van der Waals surface area contributed by atoms with E-state index < -0.39 is 29.2 Å². The van der Waals surface area contributed by atoms with Crippen LogP contribution >= 0.6 is 25.0 Å². The highest BCUT2D eigenvalue weighted by molar-refractivity contribution is 7.81. The van der Waals surface area contributed by atoms with Gasteiger partial charge in [-0.2, -0.15) is 12.6 Å². The Bertz CT molecular complexity index is 217. The number of halogens is 1. The van der Waals surface area contributed by atoms with E-state index in [-0.39, 0.29) is 12.4 Å². The Labute approximate surface area is 94.2 Å². The average molecular weight is 243 g/mol. The van der Waals surface area contributed by atoms with E-state index in [9.17, 15) is 9.59 Å². The van der Waals surface area contributed by atoms with E-state index in [0.29, 0.717) is 0 Å². The number of carbonyl (C=O) groups excluding carboxylic acids is 1. The number of carbonyl (C=O) groups is 2. The van der Waals surface area contributed by atoms with Crippen molar-refractivity contribution in [2.75, 3.05) is 6.54 Å². The molecule has 0 heterocycles. The van der Waals surface area contributed by atoms with Crippen molar-refractivity contribution >= 4 is 36.9 Å². The first-order valence-corrected chi connectivity index (χ1v) is 4.17. The molecule has 5 nitrogen and oxygen atoms in total. The smallest absolute Gasteiger partial charge is 0.322 e. The number of amides is 1. The minimum absolute atomic E-state index is 0. The SMILES string of the molecule is CC(C)(S)[C@@H](N)C(=O)NCC(=O)O.Cl. The van der Waals surface area contributed by atoms with Gasteiger partial charge in [0, 0.05) is 4.75 Å². The Morgan fingerprint density at radius 3 is 2.29 bits per heavy atom. The lowest BCUT2D eigenvalue weighted by Gasteiger charge is -2.24. The zero-order valence-corrected chi connectivity index (χ0v) is 9.69. The average Bonchev–Trinajstić information content (AvgIpc) is 1.96. The van der Waals surface area contributed by atoms with Crippen molar-refractivity contribution in [2.24, 2.45) is 5.73 Å². The predicted molar refractivity (Wildman–Crippen MR) is 58.9 cm³/mol. The summed E-state index contributed by atoms with van der Waals surface area (Å²) in [5.74, 6) is -1.61. The van der Waals surface area contributed by atoms with Crippen LogP contribution in [0.4, 0.5) is 0 Å². The van der Waals surface area contributed by atoms with Crippen LogP contribution in [0.3, 0.4) is 0 Å². The summed E-state index contributed by atoms with van der Waals surface area (Å²) in [4.78, 5) is 21.2. The lowest BCUT2D eigenvalue weighted by atomic mass is 10.0. The van der Waals surface area contributed by atoms with Gasteiger partial charge in [0.2, 0.25) is 5.91 Å². The molecule has 1 atom stereocenters. The van der Waals surface area contributed by atoms with Crippen molar-refractivity contribution in [2.45, 2.75) is 24.6 Å². The third-order valence-electron chi connectivity index (χ3n) is 1.46. The fourth-order valence-corrected chi connectivity index (χ4v) is 0.711. The first-order valence-electron chi connectivity index (χ1n) is 3.72. The Balaban J connectivity index is 0. The zero-order valence-electron chi connectivity index (χ0n) is 7.98. The second-order valence-electron chi connectivity index (χ2n) is 3.24. The number of carboxylic acids is 1. The second-order valence-corrected chi connectivity index (χ2v) is 4.40. The van der Waals surface area contributed by atoms with Gasteiger partial charge in [-0.3, -0.25) is 9.59 Å². The number of hydrogen-bond donors (Lipinski definition) is 4. The normalized spacial score (nSPS) is 12.6. The van der Waals surface area contributed by atoms with Crippen molar-refractivity contribution < 1.29 is 14.7 Å². The first kappa shape index (κ1) is 16.0. The first-order chi connectivity index (χ1) is 5.75. The van der Waals surface area contributed by atoms with E-state index in [1.54, 1.807) is 13.8 Å². The van der Waals surface area contributed by atoms with Crippen LogP contribution in [0, 0.1) is 0 Å². The van der Waals surface area contributed by atoms with Crippen LogP contribution in [0.15, 0.2) is 0 Å². The molecule has 0 aromatic rings. The molecule has 0 rings (SSSR count). The highest BCUT2D eigenvalue weighted by Crippen LogP contribution is 2.15. The Morgan fingerprint density at radius 2 is 2.00 bits per heavy atom. The summed E-state index contributed by atoms with van der Waals surface area (Å²) in [7, 11) is 0. The number of aliphatic carboxylic acids is 1. The molecule has 84 valence electrons. The molecule has 0 aliphatic rings. The molecule has 0 aromatic carbocycles. The summed E-state index contributed by atoms with van der Waals surface area (Å²) in [6, 6.07) is -0.824. The molecule has 1 amide bonds. The summed E-state index contributed by atoms with van der Waals surface area (Å²) in [5.41, 5.74) is 5.50. The molecule has 4 N–H and O–H groups in total. The van der Waals surface area contributed by atoms with Gasteiger partial charge in [0.05, 0.1) is 6.04 Å². The van der Waals surface area contributed by atoms with Gasteiger partial charge in [-0.1, -0.05) is 0 Å². The lowest BCUT2D eigenvalue weighted by Crippen LogP contribution is -2.51. The third-order valence-corrected chi connectivity index (χ3v) is 1.74. The molecule has 0 saturated carbocycles. The van der Waals surface area contributed by atoms with Gasteiger partial charge in [0.15, 0.2) is 0 Å². The number of thiol groups is 1. The Morgan fingerprint density at radius 1 is 1.57 bits per heavy atom. The molecule has 0 fully saturated rings. The quantitative estimate of drug-likeness (QED) is 0.507. The summed E-state index contributed by atoms with van der Waals surface area (Å²) in [5, 5.41) is 10.4. The Kier molecular flexibility index (Phi) is 6.97. The van der Waals surface area contributed by atoms with E-state index in [1.807, 2.05) is 0 Å². The van der Waals surface area contributed by atoms with Crippen molar-refractivity contribution in [1.29, 1.82) is 0 Å². The molecular formula is C7H15ClN2O3S. The number of rotatable bonds is 4. The van der Waals surface area contributed by atoms with Crippen molar-refractivity contribution in [3.63, 3.8) is 0 Å².